The molecule has 2 saturated heterocycles. The Labute approximate surface area is 84.6 Å². The van der Waals surface area contributed by atoms with E-state index in [0.717, 1.165) is 19.4 Å². The van der Waals surface area contributed by atoms with Gasteiger partial charge < -0.3 is 10.1 Å². The largest absolute Gasteiger partial charge is 0.361 e. The van der Waals surface area contributed by atoms with Gasteiger partial charge in [-0.3, -0.25) is 9.69 Å². The van der Waals surface area contributed by atoms with Gasteiger partial charge in [0.2, 0.25) is 0 Å². The van der Waals surface area contributed by atoms with Crippen LogP contribution >= 0.6 is 0 Å². The van der Waals surface area contributed by atoms with Crippen LogP contribution in [-0.4, -0.2) is 49.2 Å². The number of hydrogen-bond donors (Lipinski definition) is 1. The Morgan fingerprint density at radius 3 is 2.93 bits per heavy atom. The number of likely N-dealkylation sites (N-methyl/N-ethyl adjacent to an activating group) is 1. The molecule has 0 spiro atoms. The second-order valence-corrected chi connectivity index (χ2v) is 4.17. The molecule has 0 saturated carbocycles. The molecule has 4 heteroatoms. The molecule has 2 aliphatic rings. The topological polar surface area (TPSA) is 41.6 Å². The van der Waals surface area contributed by atoms with Crippen molar-refractivity contribution in [3.05, 3.63) is 0 Å². The standard InChI is InChI=1S/C10H18N2O2/c1-7(13)9-6-14-10-4-3-8(11-2)5-12(9)10/h8-11H,3-6H2,1-2H3. The fourth-order valence-electron chi connectivity index (χ4n) is 2.36. The van der Waals surface area contributed by atoms with Crippen LogP contribution < -0.4 is 5.32 Å². The van der Waals surface area contributed by atoms with Gasteiger partial charge in [0.25, 0.3) is 0 Å². The molecular formula is C10H18N2O2. The van der Waals surface area contributed by atoms with E-state index in [2.05, 4.69) is 10.2 Å². The minimum atomic E-state index is -0.00356. The Morgan fingerprint density at radius 2 is 2.29 bits per heavy atom. The predicted molar refractivity (Wildman–Crippen MR) is 53.0 cm³/mol. The van der Waals surface area contributed by atoms with Crippen LogP contribution in [0.5, 0.6) is 0 Å². The zero-order valence-corrected chi connectivity index (χ0v) is 8.82. The molecule has 14 heavy (non-hydrogen) atoms. The highest BCUT2D eigenvalue weighted by Gasteiger charge is 2.40. The summed E-state index contributed by atoms with van der Waals surface area (Å²) in [5, 5.41) is 3.27. The summed E-state index contributed by atoms with van der Waals surface area (Å²) in [5.41, 5.74) is 0. The van der Waals surface area contributed by atoms with Gasteiger partial charge in [0.05, 0.1) is 12.6 Å². The first kappa shape index (κ1) is 10.1. The van der Waals surface area contributed by atoms with Crippen LogP contribution in [0.4, 0.5) is 0 Å². The number of nitrogens with one attached hydrogen (secondary N) is 1. The van der Waals surface area contributed by atoms with Crippen molar-refractivity contribution in [2.75, 3.05) is 20.2 Å². The Balaban J connectivity index is 2.03. The molecule has 2 rings (SSSR count). The Bertz CT molecular complexity index is 232. The molecule has 1 N–H and O–H groups in total. The van der Waals surface area contributed by atoms with E-state index < -0.39 is 0 Å². The molecule has 2 fully saturated rings. The Morgan fingerprint density at radius 1 is 1.50 bits per heavy atom. The maximum Gasteiger partial charge on any atom is 0.149 e. The molecule has 3 unspecified atom stereocenters. The van der Waals surface area contributed by atoms with Crippen LogP contribution in [0.1, 0.15) is 19.8 Å². The maximum atomic E-state index is 11.4. The summed E-state index contributed by atoms with van der Waals surface area (Å²) >= 11 is 0. The molecular weight excluding hydrogens is 180 g/mol. The molecule has 80 valence electrons. The Kier molecular flexibility index (Phi) is 2.85. The fourth-order valence-corrected chi connectivity index (χ4v) is 2.36. The van der Waals surface area contributed by atoms with Crippen LogP contribution in [0.3, 0.4) is 0 Å². The fraction of sp³-hybridized carbons (Fsp3) is 0.900. The number of nitrogens with zero attached hydrogens (tertiary/aromatic N) is 1. The SMILES string of the molecule is CNC1CCC2OCC(C(C)=O)N2C1. The number of carbonyl (C=O) groups excluding carboxylic acids is 1. The summed E-state index contributed by atoms with van der Waals surface area (Å²) in [7, 11) is 1.98. The number of hydrogen-bond acceptors (Lipinski definition) is 4. The Hall–Kier alpha value is -0.450. The number of Topliss-reactive ketones (excluding diaryl/α,β-unsaturated/α-hetero) is 1. The molecule has 0 aromatic rings. The van der Waals surface area contributed by atoms with Crippen molar-refractivity contribution in [3.8, 4) is 0 Å². The highest BCUT2D eigenvalue weighted by molar-refractivity contribution is 5.81. The first-order chi connectivity index (χ1) is 6.72. The third kappa shape index (κ3) is 1.69. The van der Waals surface area contributed by atoms with Crippen molar-refractivity contribution in [2.24, 2.45) is 0 Å². The number of rotatable bonds is 2. The van der Waals surface area contributed by atoms with Gasteiger partial charge in [-0.2, -0.15) is 0 Å². The number of ether oxygens (including phenoxy) is 1. The summed E-state index contributed by atoms with van der Waals surface area (Å²) in [5.74, 6) is 0.226. The van der Waals surface area contributed by atoms with Crippen molar-refractivity contribution in [1.82, 2.24) is 10.2 Å². The zero-order chi connectivity index (χ0) is 10.1. The van der Waals surface area contributed by atoms with E-state index in [4.69, 9.17) is 4.74 Å². The van der Waals surface area contributed by atoms with Crippen LogP contribution in [0.25, 0.3) is 0 Å². The van der Waals surface area contributed by atoms with E-state index in [1.807, 2.05) is 7.05 Å². The third-order valence-corrected chi connectivity index (χ3v) is 3.29. The van der Waals surface area contributed by atoms with Gasteiger partial charge in [-0.15, -0.1) is 0 Å². The first-order valence-electron chi connectivity index (χ1n) is 5.27. The van der Waals surface area contributed by atoms with Gasteiger partial charge in [0, 0.05) is 12.6 Å². The van der Waals surface area contributed by atoms with Crippen LogP contribution in [0.2, 0.25) is 0 Å². The smallest absolute Gasteiger partial charge is 0.149 e. The molecule has 0 aromatic heterocycles. The first-order valence-corrected chi connectivity index (χ1v) is 5.27. The molecule has 2 aliphatic heterocycles. The molecule has 2 heterocycles. The maximum absolute atomic E-state index is 11.4. The van der Waals surface area contributed by atoms with Gasteiger partial charge in [-0.25, -0.2) is 0 Å². The van der Waals surface area contributed by atoms with E-state index in [1.54, 1.807) is 6.92 Å². The molecule has 4 nitrogen and oxygen atoms in total. The second-order valence-electron chi connectivity index (χ2n) is 4.17. The van der Waals surface area contributed by atoms with Crippen LogP contribution in [0.15, 0.2) is 0 Å². The van der Waals surface area contributed by atoms with Crippen molar-refractivity contribution in [1.29, 1.82) is 0 Å². The summed E-state index contributed by atoms with van der Waals surface area (Å²) in [6.45, 7) is 3.17. The lowest BCUT2D eigenvalue weighted by Crippen LogP contribution is -2.51. The lowest BCUT2D eigenvalue weighted by Gasteiger charge is -2.35. The number of carbonyl (C=O) groups is 1. The molecule has 3 atom stereocenters. The minimum absolute atomic E-state index is 0.00356. The average Bonchev–Trinajstić information content (AvgIpc) is 2.59. The quantitative estimate of drug-likeness (QED) is 0.677. The van der Waals surface area contributed by atoms with Crippen LogP contribution in [0, 0.1) is 0 Å². The second kappa shape index (κ2) is 3.96. The van der Waals surface area contributed by atoms with Gasteiger partial charge in [-0.1, -0.05) is 0 Å². The summed E-state index contributed by atoms with van der Waals surface area (Å²) in [4.78, 5) is 13.6. The molecule has 0 aromatic carbocycles. The summed E-state index contributed by atoms with van der Waals surface area (Å²) in [6, 6.07) is 0.506. The molecule has 0 radical (unpaired) electrons. The number of ketones is 1. The van der Waals surface area contributed by atoms with Crippen molar-refractivity contribution in [2.45, 2.75) is 38.1 Å². The van der Waals surface area contributed by atoms with E-state index >= 15 is 0 Å². The van der Waals surface area contributed by atoms with Crippen molar-refractivity contribution in [3.63, 3.8) is 0 Å². The average molecular weight is 198 g/mol. The van der Waals surface area contributed by atoms with Gasteiger partial charge in [0.15, 0.2) is 0 Å². The highest BCUT2D eigenvalue weighted by atomic mass is 16.5. The highest BCUT2D eigenvalue weighted by Crippen LogP contribution is 2.26. The van der Waals surface area contributed by atoms with E-state index in [9.17, 15) is 4.79 Å². The number of piperidine rings is 1. The van der Waals surface area contributed by atoms with E-state index in [-0.39, 0.29) is 18.1 Å². The lowest BCUT2D eigenvalue weighted by molar-refractivity contribution is -0.121. The summed E-state index contributed by atoms with van der Waals surface area (Å²) < 4.78 is 5.60. The van der Waals surface area contributed by atoms with E-state index in [1.165, 1.54) is 0 Å². The van der Waals surface area contributed by atoms with Gasteiger partial charge in [0.1, 0.15) is 12.0 Å². The van der Waals surface area contributed by atoms with Gasteiger partial charge in [-0.05, 0) is 26.8 Å². The number of fused-ring (bicyclic) bond motifs is 1. The normalized spacial score (nSPS) is 38.3. The monoisotopic (exact) mass is 198 g/mol. The van der Waals surface area contributed by atoms with Gasteiger partial charge >= 0.3 is 0 Å². The molecule has 0 bridgehead atoms. The predicted octanol–water partition coefficient (Wildman–Crippen LogP) is -0.0159. The lowest BCUT2D eigenvalue weighted by atomic mass is 10.0. The van der Waals surface area contributed by atoms with Crippen molar-refractivity contribution >= 4 is 5.78 Å². The molecule has 0 aliphatic carbocycles. The minimum Gasteiger partial charge on any atom is -0.361 e. The zero-order valence-electron chi connectivity index (χ0n) is 8.82. The van der Waals surface area contributed by atoms with Crippen molar-refractivity contribution < 1.29 is 9.53 Å². The van der Waals surface area contributed by atoms with E-state index in [0.29, 0.717) is 12.6 Å². The third-order valence-electron chi connectivity index (χ3n) is 3.29. The van der Waals surface area contributed by atoms with Crippen LogP contribution in [-0.2, 0) is 9.53 Å². The molecule has 0 amide bonds. The summed E-state index contributed by atoms with van der Waals surface area (Å²) in [6.07, 6.45) is 2.37.